The molecule has 0 bridgehead atoms. The first kappa shape index (κ1) is 21.2. The Balaban J connectivity index is 1.34. The fraction of sp³-hybridized carbons (Fsp3) is 0.480. The maximum atomic E-state index is 13.3. The van der Waals surface area contributed by atoms with Crippen molar-refractivity contribution in [2.24, 2.45) is 5.92 Å². The molecule has 0 unspecified atom stereocenters. The van der Waals surface area contributed by atoms with Gasteiger partial charge in [-0.1, -0.05) is 29.8 Å². The van der Waals surface area contributed by atoms with Gasteiger partial charge < -0.3 is 14.5 Å². The Hall–Kier alpha value is -2.04. The van der Waals surface area contributed by atoms with E-state index in [4.69, 9.17) is 16.3 Å². The third-order valence-electron chi connectivity index (χ3n) is 6.36. The van der Waals surface area contributed by atoms with Crippen LogP contribution in [0.3, 0.4) is 0 Å². The first-order valence-corrected chi connectivity index (χ1v) is 11.4. The van der Waals surface area contributed by atoms with Crippen molar-refractivity contribution in [2.75, 3.05) is 33.3 Å². The van der Waals surface area contributed by atoms with E-state index < -0.39 is 0 Å². The van der Waals surface area contributed by atoms with Crippen molar-refractivity contribution in [2.45, 2.75) is 38.1 Å². The number of likely N-dealkylation sites (tertiary alicyclic amines) is 1. The summed E-state index contributed by atoms with van der Waals surface area (Å²) in [4.78, 5) is 18.0. The number of piperidine rings is 1. The van der Waals surface area contributed by atoms with E-state index in [0.29, 0.717) is 12.0 Å². The standard InChI is InChI=1S/C25H31ClN2O2/c1-30-24-4-2-3-21(17-24)25(29)28(18-20-5-6-20)23-12-15-27(16-13-23)14-11-19-7-9-22(26)10-8-19/h2-4,7-10,17,20,23H,5-6,11-16,18H2,1H3. The Morgan fingerprint density at radius 3 is 2.50 bits per heavy atom. The summed E-state index contributed by atoms with van der Waals surface area (Å²) in [5.74, 6) is 1.58. The number of methoxy groups -OCH3 is 1. The summed E-state index contributed by atoms with van der Waals surface area (Å²) in [6, 6.07) is 16.0. The molecule has 160 valence electrons. The van der Waals surface area contributed by atoms with Crippen LogP contribution in [0.5, 0.6) is 5.75 Å². The normalized spacial score (nSPS) is 17.7. The zero-order chi connectivity index (χ0) is 20.9. The average Bonchev–Trinajstić information content (AvgIpc) is 3.61. The summed E-state index contributed by atoms with van der Waals surface area (Å²) in [5.41, 5.74) is 2.06. The maximum absolute atomic E-state index is 13.3. The van der Waals surface area contributed by atoms with Gasteiger partial charge in [-0.15, -0.1) is 0 Å². The molecule has 4 rings (SSSR count). The Morgan fingerprint density at radius 2 is 1.83 bits per heavy atom. The SMILES string of the molecule is COc1cccc(C(=O)N(CC2CC2)C2CCN(CCc3ccc(Cl)cc3)CC2)c1. The third kappa shape index (κ3) is 5.55. The molecule has 2 aliphatic rings. The van der Waals surface area contributed by atoms with Crippen LogP contribution < -0.4 is 4.74 Å². The van der Waals surface area contributed by atoms with E-state index in [1.165, 1.54) is 18.4 Å². The van der Waals surface area contributed by atoms with E-state index in [-0.39, 0.29) is 5.91 Å². The number of hydrogen-bond donors (Lipinski definition) is 0. The van der Waals surface area contributed by atoms with Crippen molar-refractivity contribution < 1.29 is 9.53 Å². The van der Waals surface area contributed by atoms with Crippen LogP contribution in [0.25, 0.3) is 0 Å². The van der Waals surface area contributed by atoms with Crippen LogP contribution in [-0.4, -0.2) is 55.0 Å². The van der Waals surface area contributed by atoms with Crippen LogP contribution in [0.1, 0.15) is 41.6 Å². The van der Waals surface area contributed by atoms with Crippen LogP contribution >= 0.6 is 11.6 Å². The molecule has 4 nitrogen and oxygen atoms in total. The number of hydrogen-bond acceptors (Lipinski definition) is 3. The molecule has 1 heterocycles. The first-order chi connectivity index (χ1) is 14.6. The highest BCUT2D eigenvalue weighted by Crippen LogP contribution is 2.32. The Morgan fingerprint density at radius 1 is 1.10 bits per heavy atom. The van der Waals surface area contributed by atoms with Gasteiger partial charge in [0.25, 0.3) is 5.91 Å². The smallest absolute Gasteiger partial charge is 0.254 e. The maximum Gasteiger partial charge on any atom is 0.254 e. The summed E-state index contributed by atoms with van der Waals surface area (Å²) < 4.78 is 5.32. The molecule has 1 saturated carbocycles. The van der Waals surface area contributed by atoms with Crippen molar-refractivity contribution in [3.8, 4) is 5.75 Å². The second-order valence-electron chi connectivity index (χ2n) is 8.58. The van der Waals surface area contributed by atoms with Crippen molar-refractivity contribution in [3.63, 3.8) is 0 Å². The van der Waals surface area contributed by atoms with Gasteiger partial charge in [0.2, 0.25) is 0 Å². The minimum absolute atomic E-state index is 0.153. The minimum atomic E-state index is 0.153. The molecular weight excluding hydrogens is 396 g/mol. The van der Waals surface area contributed by atoms with Crippen LogP contribution in [0.2, 0.25) is 5.02 Å². The van der Waals surface area contributed by atoms with E-state index in [2.05, 4.69) is 21.9 Å². The van der Waals surface area contributed by atoms with E-state index in [0.717, 1.165) is 61.8 Å². The molecule has 0 N–H and O–H groups in total. The fourth-order valence-electron chi connectivity index (χ4n) is 4.29. The Labute approximate surface area is 184 Å². The molecule has 2 aromatic carbocycles. The van der Waals surface area contributed by atoms with Gasteiger partial charge in [-0.05, 0) is 73.9 Å². The molecule has 0 radical (unpaired) electrons. The molecule has 2 fully saturated rings. The van der Waals surface area contributed by atoms with Crippen molar-refractivity contribution in [1.82, 2.24) is 9.80 Å². The predicted molar refractivity (Wildman–Crippen MR) is 121 cm³/mol. The zero-order valence-corrected chi connectivity index (χ0v) is 18.5. The van der Waals surface area contributed by atoms with E-state index >= 15 is 0 Å². The van der Waals surface area contributed by atoms with Gasteiger partial charge in [-0.2, -0.15) is 0 Å². The summed E-state index contributed by atoms with van der Waals surface area (Å²) in [5, 5.41) is 0.788. The molecule has 1 aliphatic carbocycles. The summed E-state index contributed by atoms with van der Waals surface area (Å²) in [6.07, 6.45) is 5.63. The highest BCUT2D eigenvalue weighted by molar-refractivity contribution is 6.30. The second-order valence-corrected chi connectivity index (χ2v) is 9.02. The fourth-order valence-corrected chi connectivity index (χ4v) is 4.42. The van der Waals surface area contributed by atoms with Crippen LogP contribution in [0, 0.1) is 5.92 Å². The summed E-state index contributed by atoms with van der Waals surface area (Å²) in [6.45, 7) is 4.04. The van der Waals surface area contributed by atoms with Crippen LogP contribution in [-0.2, 0) is 6.42 Å². The molecule has 2 aromatic rings. The molecule has 1 amide bonds. The van der Waals surface area contributed by atoms with E-state index in [1.807, 2.05) is 36.4 Å². The van der Waals surface area contributed by atoms with Crippen molar-refractivity contribution >= 4 is 17.5 Å². The van der Waals surface area contributed by atoms with Gasteiger partial charge in [-0.3, -0.25) is 4.79 Å². The lowest BCUT2D eigenvalue weighted by Crippen LogP contribution is -2.48. The lowest BCUT2D eigenvalue weighted by atomic mass is 10.0. The molecule has 1 aliphatic heterocycles. The molecule has 0 spiro atoms. The number of amides is 1. The number of nitrogens with zero attached hydrogens (tertiary/aromatic N) is 2. The quantitative estimate of drug-likeness (QED) is 0.601. The van der Waals surface area contributed by atoms with Crippen molar-refractivity contribution in [3.05, 3.63) is 64.7 Å². The molecular formula is C25H31ClN2O2. The average molecular weight is 427 g/mol. The number of carbonyl (C=O) groups excluding carboxylic acids is 1. The largest absolute Gasteiger partial charge is 0.497 e. The first-order valence-electron chi connectivity index (χ1n) is 11.0. The lowest BCUT2D eigenvalue weighted by molar-refractivity contribution is 0.0559. The van der Waals surface area contributed by atoms with Gasteiger partial charge in [-0.25, -0.2) is 0 Å². The second kappa shape index (κ2) is 9.84. The molecule has 5 heteroatoms. The number of halogens is 1. The van der Waals surface area contributed by atoms with Crippen LogP contribution in [0.15, 0.2) is 48.5 Å². The highest BCUT2D eigenvalue weighted by Gasteiger charge is 2.33. The summed E-state index contributed by atoms with van der Waals surface area (Å²) in [7, 11) is 1.64. The minimum Gasteiger partial charge on any atom is -0.497 e. The van der Waals surface area contributed by atoms with Crippen molar-refractivity contribution in [1.29, 1.82) is 0 Å². The van der Waals surface area contributed by atoms with Gasteiger partial charge >= 0.3 is 0 Å². The highest BCUT2D eigenvalue weighted by atomic mass is 35.5. The number of benzene rings is 2. The molecule has 0 atom stereocenters. The molecule has 0 aromatic heterocycles. The van der Waals surface area contributed by atoms with Gasteiger partial charge in [0.1, 0.15) is 5.75 Å². The summed E-state index contributed by atoms with van der Waals surface area (Å²) >= 11 is 5.98. The van der Waals surface area contributed by atoms with Gasteiger partial charge in [0.15, 0.2) is 0 Å². The van der Waals surface area contributed by atoms with E-state index in [9.17, 15) is 4.79 Å². The number of rotatable bonds is 8. The Kier molecular flexibility index (Phi) is 6.96. The topological polar surface area (TPSA) is 32.8 Å². The lowest BCUT2D eigenvalue weighted by Gasteiger charge is -2.39. The third-order valence-corrected chi connectivity index (χ3v) is 6.61. The molecule has 30 heavy (non-hydrogen) atoms. The number of carbonyl (C=O) groups is 1. The monoisotopic (exact) mass is 426 g/mol. The predicted octanol–water partition coefficient (Wildman–Crippen LogP) is 4.91. The molecule has 1 saturated heterocycles. The van der Waals surface area contributed by atoms with E-state index in [1.54, 1.807) is 7.11 Å². The van der Waals surface area contributed by atoms with Gasteiger partial charge in [0.05, 0.1) is 7.11 Å². The van der Waals surface area contributed by atoms with Gasteiger partial charge in [0, 0.05) is 42.8 Å². The van der Waals surface area contributed by atoms with Crippen LogP contribution in [0.4, 0.5) is 0 Å². The number of ether oxygens (including phenoxy) is 1. The Bertz CT molecular complexity index is 842. The zero-order valence-electron chi connectivity index (χ0n) is 17.7.